The zero-order valence-electron chi connectivity index (χ0n) is 15.8. The number of amides is 2. The number of nitrogens with one attached hydrogen (secondary N) is 1. The van der Waals surface area contributed by atoms with E-state index < -0.39 is 0 Å². The van der Waals surface area contributed by atoms with Crippen molar-refractivity contribution in [3.8, 4) is 17.0 Å². The molecular formula is C21H22BrN3O2S. The van der Waals surface area contributed by atoms with Crippen LogP contribution in [0.1, 0.15) is 20.3 Å². The quantitative estimate of drug-likeness (QED) is 0.443. The maximum absolute atomic E-state index is 13.0. The number of nitrogens with zero attached hydrogens (tertiary/aromatic N) is 2. The molecule has 3 rings (SSSR count). The van der Waals surface area contributed by atoms with E-state index in [2.05, 4.69) is 21.2 Å². The molecule has 0 aliphatic rings. The van der Waals surface area contributed by atoms with Crippen molar-refractivity contribution in [2.75, 3.05) is 23.4 Å². The van der Waals surface area contributed by atoms with E-state index >= 15 is 0 Å². The van der Waals surface area contributed by atoms with Gasteiger partial charge in [-0.3, -0.25) is 4.90 Å². The smallest absolute Gasteiger partial charge is 0.328 e. The average molecular weight is 460 g/mol. The normalized spacial score (nSPS) is 10.5. The Labute approximate surface area is 177 Å². The Hall–Kier alpha value is -2.38. The Bertz CT molecular complexity index is 945. The maximum atomic E-state index is 13.0. The first kappa shape index (κ1) is 20.4. The van der Waals surface area contributed by atoms with E-state index in [0.29, 0.717) is 29.7 Å². The average Bonchev–Trinajstić information content (AvgIpc) is 3.17. The fraction of sp³-hybridized carbons (Fsp3) is 0.238. The Morgan fingerprint density at radius 1 is 1.21 bits per heavy atom. The molecule has 0 fully saturated rings. The number of ether oxygens (including phenoxy) is 1. The molecule has 5 nitrogen and oxygen atoms in total. The topological polar surface area (TPSA) is 54.5 Å². The molecule has 0 spiro atoms. The zero-order valence-corrected chi connectivity index (χ0v) is 18.2. The summed E-state index contributed by atoms with van der Waals surface area (Å²) < 4.78 is 6.60. The van der Waals surface area contributed by atoms with Crippen LogP contribution >= 0.6 is 27.3 Å². The Morgan fingerprint density at radius 3 is 2.79 bits per heavy atom. The summed E-state index contributed by atoms with van der Waals surface area (Å²) in [6.07, 6.45) is 0.826. The summed E-state index contributed by atoms with van der Waals surface area (Å²) in [5.41, 5.74) is 2.51. The first-order chi connectivity index (χ1) is 13.6. The maximum Gasteiger partial charge on any atom is 0.328 e. The molecule has 1 heterocycles. The van der Waals surface area contributed by atoms with Gasteiger partial charge < -0.3 is 10.1 Å². The number of hydrogen-bond donors (Lipinski definition) is 1. The molecule has 0 bridgehead atoms. The summed E-state index contributed by atoms with van der Waals surface area (Å²) in [5.74, 6) is 0.656. The highest BCUT2D eigenvalue weighted by molar-refractivity contribution is 9.10. The van der Waals surface area contributed by atoms with Crippen LogP contribution in [0.4, 0.5) is 15.6 Å². The summed E-state index contributed by atoms with van der Waals surface area (Å²) >= 11 is 4.95. The van der Waals surface area contributed by atoms with Gasteiger partial charge in [-0.2, -0.15) is 0 Å². The molecular weight excluding hydrogens is 438 g/mol. The highest BCUT2D eigenvalue weighted by Crippen LogP contribution is 2.30. The van der Waals surface area contributed by atoms with Gasteiger partial charge in [-0.25, -0.2) is 9.78 Å². The van der Waals surface area contributed by atoms with E-state index in [0.717, 1.165) is 22.2 Å². The van der Waals surface area contributed by atoms with Gasteiger partial charge in [0.2, 0.25) is 0 Å². The van der Waals surface area contributed by atoms with Crippen LogP contribution in [0.15, 0.2) is 58.4 Å². The number of rotatable bonds is 7. The van der Waals surface area contributed by atoms with Gasteiger partial charge in [0, 0.05) is 22.0 Å². The lowest BCUT2D eigenvalue weighted by molar-refractivity contribution is 0.256. The predicted octanol–water partition coefficient (Wildman–Crippen LogP) is 6.42. The fourth-order valence-corrected chi connectivity index (χ4v) is 3.97. The monoisotopic (exact) mass is 459 g/mol. The van der Waals surface area contributed by atoms with Gasteiger partial charge in [0.15, 0.2) is 5.13 Å². The minimum Gasteiger partial charge on any atom is -0.492 e. The number of thiazole rings is 1. The molecule has 2 aromatic carbocycles. The lowest BCUT2D eigenvalue weighted by Crippen LogP contribution is -2.35. The van der Waals surface area contributed by atoms with Crippen molar-refractivity contribution in [3.05, 3.63) is 58.4 Å². The minimum atomic E-state index is -0.218. The van der Waals surface area contributed by atoms with Gasteiger partial charge in [0.05, 0.1) is 18.0 Å². The molecule has 0 radical (unpaired) electrons. The third kappa shape index (κ3) is 4.91. The van der Waals surface area contributed by atoms with Crippen molar-refractivity contribution < 1.29 is 9.53 Å². The van der Waals surface area contributed by atoms with E-state index in [1.54, 1.807) is 4.90 Å². The van der Waals surface area contributed by atoms with Crippen molar-refractivity contribution in [2.45, 2.75) is 20.3 Å². The molecule has 0 unspecified atom stereocenters. The third-order valence-corrected chi connectivity index (χ3v) is 5.32. The van der Waals surface area contributed by atoms with Gasteiger partial charge >= 0.3 is 6.03 Å². The summed E-state index contributed by atoms with van der Waals surface area (Å²) in [5, 5.41) is 5.60. The highest BCUT2D eigenvalue weighted by atomic mass is 79.9. The number of para-hydroxylation sites is 2. The van der Waals surface area contributed by atoms with Crippen LogP contribution in [0.2, 0.25) is 0 Å². The second kappa shape index (κ2) is 9.71. The van der Waals surface area contributed by atoms with Crippen LogP contribution < -0.4 is 15.0 Å². The molecule has 0 aliphatic carbocycles. The number of urea groups is 1. The number of aromatic nitrogens is 1. The van der Waals surface area contributed by atoms with E-state index in [9.17, 15) is 4.79 Å². The molecule has 0 atom stereocenters. The van der Waals surface area contributed by atoms with Crippen LogP contribution in [0.5, 0.6) is 5.75 Å². The summed E-state index contributed by atoms with van der Waals surface area (Å²) in [6, 6.07) is 15.2. The highest BCUT2D eigenvalue weighted by Gasteiger charge is 2.20. The predicted molar refractivity (Wildman–Crippen MR) is 120 cm³/mol. The van der Waals surface area contributed by atoms with Crippen molar-refractivity contribution in [3.63, 3.8) is 0 Å². The number of carbonyl (C=O) groups excluding carboxylic acids is 1. The van der Waals surface area contributed by atoms with Gasteiger partial charge in [0.25, 0.3) is 0 Å². The fourth-order valence-electron chi connectivity index (χ4n) is 2.71. The number of halogens is 1. The van der Waals surface area contributed by atoms with Crippen molar-refractivity contribution in [2.24, 2.45) is 0 Å². The van der Waals surface area contributed by atoms with Crippen molar-refractivity contribution >= 4 is 44.1 Å². The molecule has 1 N–H and O–H groups in total. The first-order valence-electron chi connectivity index (χ1n) is 9.14. The molecule has 0 saturated carbocycles. The molecule has 0 saturated heterocycles. The molecule has 28 heavy (non-hydrogen) atoms. The number of benzene rings is 2. The lowest BCUT2D eigenvalue weighted by Gasteiger charge is -2.20. The molecule has 146 valence electrons. The van der Waals surface area contributed by atoms with Crippen molar-refractivity contribution in [1.82, 2.24) is 4.98 Å². The zero-order chi connectivity index (χ0) is 19.9. The number of carbonyl (C=O) groups is 1. The largest absolute Gasteiger partial charge is 0.492 e. The molecule has 3 aromatic rings. The SMILES string of the molecule is CCCN(C(=O)Nc1ccccc1OCC)c1nc(-c2cccc(Br)c2)cs1. The Morgan fingerprint density at radius 2 is 2.04 bits per heavy atom. The van der Waals surface area contributed by atoms with Gasteiger partial charge in [-0.05, 0) is 37.6 Å². The molecule has 0 aliphatic heterocycles. The minimum absolute atomic E-state index is 0.218. The summed E-state index contributed by atoms with van der Waals surface area (Å²) in [6.45, 7) is 5.07. The first-order valence-corrected chi connectivity index (χ1v) is 10.8. The summed E-state index contributed by atoms with van der Waals surface area (Å²) in [7, 11) is 0. The summed E-state index contributed by atoms with van der Waals surface area (Å²) in [4.78, 5) is 19.3. The van der Waals surface area contributed by atoms with E-state index in [1.165, 1.54) is 11.3 Å². The van der Waals surface area contributed by atoms with E-state index in [1.807, 2.05) is 67.8 Å². The Balaban J connectivity index is 1.83. The Kier molecular flexibility index (Phi) is 7.06. The molecule has 1 aromatic heterocycles. The lowest BCUT2D eigenvalue weighted by atomic mass is 10.2. The van der Waals surface area contributed by atoms with E-state index in [4.69, 9.17) is 9.72 Å². The van der Waals surface area contributed by atoms with Crippen LogP contribution in [-0.4, -0.2) is 24.2 Å². The van der Waals surface area contributed by atoms with Crippen LogP contribution in [-0.2, 0) is 0 Å². The second-order valence-corrected chi connectivity index (χ2v) is 7.79. The van der Waals surface area contributed by atoms with Crippen LogP contribution in [0, 0.1) is 0 Å². The van der Waals surface area contributed by atoms with Gasteiger partial charge in [-0.1, -0.05) is 47.1 Å². The van der Waals surface area contributed by atoms with Gasteiger partial charge in [-0.15, -0.1) is 11.3 Å². The second-order valence-electron chi connectivity index (χ2n) is 6.04. The third-order valence-electron chi connectivity index (χ3n) is 3.96. The molecule has 2 amide bonds. The van der Waals surface area contributed by atoms with Crippen LogP contribution in [0.25, 0.3) is 11.3 Å². The number of anilines is 2. The molecule has 7 heteroatoms. The standard InChI is InChI=1S/C21H22BrN3O2S/c1-3-12-25(20(26)23-17-10-5-6-11-19(17)27-4-2)21-24-18(14-28-21)15-8-7-9-16(22)13-15/h5-11,13-14H,3-4,12H2,1-2H3,(H,23,26). The van der Waals surface area contributed by atoms with Gasteiger partial charge in [0.1, 0.15) is 5.75 Å². The van der Waals surface area contributed by atoms with Crippen LogP contribution in [0.3, 0.4) is 0 Å². The number of hydrogen-bond acceptors (Lipinski definition) is 4. The van der Waals surface area contributed by atoms with Crippen molar-refractivity contribution in [1.29, 1.82) is 0 Å². The van der Waals surface area contributed by atoms with E-state index in [-0.39, 0.29) is 6.03 Å².